The molecule has 4 N–H and O–H groups in total. The summed E-state index contributed by atoms with van der Waals surface area (Å²) in [5, 5.41) is 13.8. The molecule has 0 unspecified atom stereocenters. The number of nitrogens with one attached hydrogen (secondary N) is 2. The minimum Gasteiger partial charge on any atom is -0.381 e. The molecule has 1 aliphatic rings. The van der Waals surface area contributed by atoms with Gasteiger partial charge in [0.2, 0.25) is 11.8 Å². The number of methoxy groups -OCH3 is 1. The molecule has 9 nitrogen and oxygen atoms in total. The monoisotopic (exact) mass is 254 g/mol. The maximum Gasteiger partial charge on any atom is 0.329 e. The molecule has 2 rings (SSSR count). The lowest BCUT2D eigenvalue weighted by molar-refractivity contribution is -0.384. The number of hydrazine groups is 1. The van der Waals surface area contributed by atoms with Gasteiger partial charge in [0.25, 0.3) is 0 Å². The predicted octanol–water partition coefficient (Wildman–Crippen LogP) is 0.260. The van der Waals surface area contributed by atoms with Gasteiger partial charge in [-0.2, -0.15) is 4.98 Å². The van der Waals surface area contributed by atoms with Crippen molar-refractivity contribution >= 4 is 17.5 Å². The average Bonchev–Trinajstić information content (AvgIpc) is 2.32. The second-order valence-electron chi connectivity index (χ2n) is 4.00. The van der Waals surface area contributed by atoms with E-state index in [9.17, 15) is 10.1 Å². The molecule has 1 heterocycles. The van der Waals surface area contributed by atoms with Gasteiger partial charge < -0.3 is 10.1 Å². The number of rotatable bonds is 5. The van der Waals surface area contributed by atoms with Crippen molar-refractivity contribution in [2.24, 2.45) is 5.84 Å². The van der Waals surface area contributed by atoms with E-state index in [0.29, 0.717) is 0 Å². The third-order valence-corrected chi connectivity index (χ3v) is 2.86. The minimum atomic E-state index is -0.533. The summed E-state index contributed by atoms with van der Waals surface area (Å²) in [7, 11) is 1.64. The summed E-state index contributed by atoms with van der Waals surface area (Å²) >= 11 is 0. The highest BCUT2D eigenvalue weighted by Crippen LogP contribution is 2.29. The maximum atomic E-state index is 10.8. The van der Waals surface area contributed by atoms with E-state index in [1.807, 2.05) is 0 Å². The third kappa shape index (κ3) is 2.46. The molecule has 1 aromatic rings. The van der Waals surface area contributed by atoms with Crippen LogP contribution in [0.2, 0.25) is 0 Å². The van der Waals surface area contributed by atoms with E-state index in [2.05, 4.69) is 20.7 Å². The van der Waals surface area contributed by atoms with E-state index in [0.717, 1.165) is 19.0 Å². The van der Waals surface area contributed by atoms with Crippen LogP contribution in [0.15, 0.2) is 6.20 Å². The standard InChI is InChI=1S/C9H14N6O3/c1-18-6-2-5(3-6)12-8-7(15(16)17)4-11-9(13-8)14-10/h4-6H,2-3,10H2,1H3,(H2,11,12,13,14). The first-order valence-corrected chi connectivity index (χ1v) is 5.41. The lowest BCUT2D eigenvalue weighted by atomic mass is 9.89. The van der Waals surface area contributed by atoms with Crippen LogP contribution >= 0.6 is 0 Å². The Hall–Kier alpha value is -2.00. The SMILES string of the molecule is COC1CC(Nc2nc(NN)ncc2[N+](=O)[O-])C1. The Morgan fingerprint density at radius 1 is 1.61 bits per heavy atom. The Morgan fingerprint density at radius 2 is 2.33 bits per heavy atom. The summed E-state index contributed by atoms with van der Waals surface area (Å²) in [5.41, 5.74) is 2.08. The number of nitrogens with zero attached hydrogens (tertiary/aromatic N) is 3. The summed E-state index contributed by atoms with van der Waals surface area (Å²) in [6.45, 7) is 0. The molecule has 0 atom stereocenters. The number of nitrogens with two attached hydrogens (primary N) is 1. The zero-order chi connectivity index (χ0) is 13.1. The first-order chi connectivity index (χ1) is 8.63. The normalized spacial score (nSPS) is 22.1. The molecule has 18 heavy (non-hydrogen) atoms. The predicted molar refractivity (Wildman–Crippen MR) is 63.9 cm³/mol. The van der Waals surface area contributed by atoms with Crippen molar-refractivity contribution < 1.29 is 9.66 Å². The van der Waals surface area contributed by atoms with Gasteiger partial charge >= 0.3 is 5.69 Å². The van der Waals surface area contributed by atoms with Crippen LogP contribution in [0.3, 0.4) is 0 Å². The summed E-state index contributed by atoms with van der Waals surface area (Å²) in [4.78, 5) is 18.0. The van der Waals surface area contributed by atoms with Crippen LogP contribution in [0, 0.1) is 10.1 Å². The largest absolute Gasteiger partial charge is 0.381 e. The van der Waals surface area contributed by atoms with Crippen molar-refractivity contribution in [3.63, 3.8) is 0 Å². The van der Waals surface area contributed by atoms with Crippen LogP contribution in [-0.4, -0.2) is 34.1 Å². The number of nitrogen functional groups attached to an aromatic ring is 1. The van der Waals surface area contributed by atoms with Crippen LogP contribution in [-0.2, 0) is 4.74 Å². The van der Waals surface area contributed by atoms with E-state index < -0.39 is 4.92 Å². The number of nitro groups is 1. The van der Waals surface area contributed by atoms with Crippen molar-refractivity contribution in [3.05, 3.63) is 16.3 Å². The highest BCUT2D eigenvalue weighted by molar-refractivity contribution is 5.57. The van der Waals surface area contributed by atoms with E-state index >= 15 is 0 Å². The number of aromatic nitrogens is 2. The first-order valence-electron chi connectivity index (χ1n) is 5.41. The molecule has 1 aromatic heterocycles. The van der Waals surface area contributed by atoms with E-state index in [1.165, 1.54) is 0 Å². The highest BCUT2D eigenvalue weighted by atomic mass is 16.6. The Kier molecular flexibility index (Phi) is 3.53. The molecule has 0 radical (unpaired) electrons. The Morgan fingerprint density at radius 3 is 2.89 bits per heavy atom. The fraction of sp³-hybridized carbons (Fsp3) is 0.556. The van der Waals surface area contributed by atoms with Gasteiger partial charge in [0.1, 0.15) is 6.20 Å². The Bertz CT molecular complexity index is 448. The van der Waals surface area contributed by atoms with Crippen molar-refractivity contribution in [1.29, 1.82) is 0 Å². The van der Waals surface area contributed by atoms with Gasteiger partial charge in [0, 0.05) is 13.2 Å². The lowest BCUT2D eigenvalue weighted by Gasteiger charge is -2.34. The highest BCUT2D eigenvalue weighted by Gasteiger charge is 2.31. The quantitative estimate of drug-likeness (QED) is 0.387. The number of hydrogen-bond acceptors (Lipinski definition) is 8. The van der Waals surface area contributed by atoms with Crippen molar-refractivity contribution in [2.45, 2.75) is 25.0 Å². The fourth-order valence-electron chi connectivity index (χ4n) is 1.75. The molecule has 0 aliphatic heterocycles. The smallest absolute Gasteiger partial charge is 0.329 e. The molecule has 98 valence electrons. The summed E-state index contributed by atoms with van der Waals surface area (Å²) in [6.07, 6.45) is 2.92. The van der Waals surface area contributed by atoms with Crippen LogP contribution in [0.5, 0.6) is 0 Å². The molecular weight excluding hydrogens is 240 g/mol. The molecule has 1 saturated carbocycles. The second kappa shape index (κ2) is 5.10. The molecular formula is C9H14N6O3. The fourth-order valence-corrected chi connectivity index (χ4v) is 1.75. The van der Waals surface area contributed by atoms with E-state index in [4.69, 9.17) is 10.6 Å². The molecule has 0 spiro atoms. The van der Waals surface area contributed by atoms with Crippen LogP contribution in [0.25, 0.3) is 0 Å². The molecule has 1 fully saturated rings. The van der Waals surface area contributed by atoms with E-state index in [1.54, 1.807) is 7.11 Å². The van der Waals surface area contributed by atoms with Crippen LogP contribution < -0.4 is 16.6 Å². The molecule has 0 aromatic carbocycles. The number of ether oxygens (including phenoxy) is 1. The minimum absolute atomic E-state index is 0.120. The maximum absolute atomic E-state index is 10.8. The number of hydrogen-bond donors (Lipinski definition) is 3. The van der Waals surface area contributed by atoms with Crippen LogP contribution in [0.1, 0.15) is 12.8 Å². The Balaban J connectivity index is 2.12. The number of anilines is 2. The van der Waals surface area contributed by atoms with Crippen molar-refractivity contribution in [2.75, 3.05) is 17.9 Å². The van der Waals surface area contributed by atoms with Gasteiger partial charge in [0.05, 0.1) is 11.0 Å². The lowest BCUT2D eigenvalue weighted by Crippen LogP contribution is -2.40. The van der Waals surface area contributed by atoms with Gasteiger partial charge in [-0.1, -0.05) is 0 Å². The van der Waals surface area contributed by atoms with Gasteiger partial charge in [-0.05, 0) is 12.8 Å². The van der Waals surface area contributed by atoms with Gasteiger partial charge in [-0.25, -0.2) is 10.8 Å². The van der Waals surface area contributed by atoms with Crippen molar-refractivity contribution in [3.8, 4) is 0 Å². The zero-order valence-electron chi connectivity index (χ0n) is 9.79. The summed E-state index contributed by atoms with van der Waals surface area (Å²) in [6, 6.07) is 0.120. The Labute approximate surface area is 103 Å². The topological polar surface area (TPSA) is 128 Å². The van der Waals surface area contributed by atoms with Crippen LogP contribution in [0.4, 0.5) is 17.5 Å². The van der Waals surface area contributed by atoms with Gasteiger partial charge in [-0.15, -0.1) is 0 Å². The van der Waals surface area contributed by atoms with Gasteiger partial charge in [0.15, 0.2) is 0 Å². The molecule has 1 aliphatic carbocycles. The average molecular weight is 254 g/mol. The summed E-state index contributed by atoms with van der Waals surface area (Å²) in [5.74, 6) is 5.47. The van der Waals surface area contributed by atoms with Crippen molar-refractivity contribution in [1.82, 2.24) is 9.97 Å². The second-order valence-corrected chi connectivity index (χ2v) is 4.00. The third-order valence-electron chi connectivity index (χ3n) is 2.86. The van der Waals surface area contributed by atoms with E-state index in [-0.39, 0.29) is 29.6 Å². The molecule has 0 amide bonds. The summed E-state index contributed by atoms with van der Waals surface area (Å²) < 4.78 is 5.14. The zero-order valence-corrected chi connectivity index (χ0v) is 9.79. The molecule has 0 saturated heterocycles. The first kappa shape index (κ1) is 12.5. The molecule has 0 bridgehead atoms. The van der Waals surface area contributed by atoms with Gasteiger partial charge in [-0.3, -0.25) is 15.5 Å². The molecule has 9 heteroatoms.